The fraction of sp³-hybridized carbons (Fsp3) is 0.467. The summed E-state index contributed by atoms with van der Waals surface area (Å²) in [5.41, 5.74) is 0.678. The maximum atomic E-state index is 11.8. The Morgan fingerprint density at radius 1 is 1.09 bits per heavy atom. The number of carbonyl (C=O) groups excluding carboxylic acids is 2. The molecule has 0 aliphatic heterocycles. The second-order valence-corrected chi connectivity index (χ2v) is 4.80. The molecule has 6 nitrogen and oxygen atoms in total. The van der Waals surface area contributed by atoms with Crippen LogP contribution in [-0.4, -0.2) is 55.5 Å². The van der Waals surface area contributed by atoms with E-state index >= 15 is 0 Å². The number of nitrogens with zero attached hydrogens (tertiary/aromatic N) is 2. The number of anilines is 1. The fourth-order valence-corrected chi connectivity index (χ4v) is 1.65. The van der Waals surface area contributed by atoms with Crippen LogP contribution in [0.15, 0.2) is 24.3 Å². The van der Waals surface area contributed by atoms with Gasteiger partial charge in [0.1, 0.15) is 5.75 Å². The van der Waals surface area contributed by atoms with Crippen molar-refractivity contribution in [3.05, 3.63) is 24.3 Å². The molecule has 22 heavy (non-hydrogen) atoms. The molecule has 1 rings (SSSR count). The van der Waals surface area contributed by atoms with Crippen LogP contribution in [0.3, 0.4) is 0 Å². The molecule has 7 heteroatoms. The Bertz CT molecular complexity index is 473. The molecule has 124 valence electrons. The molecule has 1 aromatic carbocycles. The van der Waals surface area contributed by atoms with Gasteiger partial charge >= 0.3 is 6.09 Å². The summed E-state index contributed by atoms with van der Waals surface area (Å²) in [7, 11) is 3.23. The minimum Gasteiger partial charge on any atom is -0.410 e. The van der Waals surface area contributed by atoms with Crippen molar-refractivity contribution < 1.29 is 14.3 Å². The Hall–Kier alpha value is -1.79. The van der Waals surface area contributed by atoms with E-state index in [1.807, 2.05) is 18.7 Å². The van der Waals surface area contributed by atoms with E-state index < -0.39 is 6.09 Å². The number of rotatable bonds is 6. The van der Waals surface area contributed by atoms with Crippen LogP contribution in [0.4, 0.5) is 10.5 Å². The van der Waals surface area contributed by atoms with Crippen molar-refractivity contribution in [1.82, 2.24) is 9.80 Å². The van der Waals surface area contributed by atoms with E-state index in [0.29, 0.717) is 18.0 Å². The Labute approximate surface area is 137 Å². The second kappa shape index (κ2) is 10.0. The van der Waals surface area contributed by atoms with E-state index in [1.165, 1.54) is 4.90 Å². The van der Waals surface area contributed by atoms with Crippen molar-refractivity contribution >= 4 is 30.1 Å². The van der Waals surface area contributed by atoms with Crippen LogP contribution in [0.25, 0.3) is 0 Å². The molecule has 0 radical (unpaired) electrons. The van der Waals surface area contributed by atoms with Crippen molar-refractivity contribution in [3.8, 4) is 5.75 Å². The van der Waals surface area contributed by atoms with Gasteiger partial charge in [0.05, 0.1) is 6.54 Å². The number of hydrogen-bond acceptors (Lipinski definition) is 4. The van der Waals surface area contributed by atoms with Crippen LogP contribution in [0.2, 0.25) is 0 Å². The molecule has 0 bridgehead atoms. The highest BCUT2D eigenvalue weighted by Gasteiger charge is 2.09. The first kappa shape index (κ1) is 20.2. The van der Waals surface area contributed by atoms with E-state index in [-0.39, 0.29) is 18.3 Å². The van der Waals surface area contributed by atoms with Crippen molar-refractivity contribution in [2.45, 2.75) is 13.8 Å². The summed E-state index contributed by atoms with van der Waals surface area (Å²) in [5.74, 6) is 0.382. The molecule has 0 fully saturated rings. The number of likely N-dealkylation sites (N-methyl/N-ethyl adjacent to an activating group) is 1. The number of carbonyl (C=O) groups is 2. The van der Waals surface area contributed by atoms with Gasteiger partial charge in [0, 0.05) is 19.8 Å². The first-order chi connectivity index (χ1) is 9.96. The number of halogens is 1. The highest BCUT2D eigenvalue weighted by Crippen LogP contribution is 2.16. The molecule has 1 aromatic rings. The molecule has 0 saturated carbocycles. The molecule has 0 aliphatic carbocycles. The van der Waals surface area contributed by atoms with E-state index in [2.05, 4.69) is 5.32 Å². The van der Waals surface area contributed by atoms with Crippen LogP contribution in [0.5, 0.6) is 5.75 Å². The van der Waals surface area contributed by atoms with Crippen LogP contribution in [0, 0.1) is 0 Å². The summed E-state index contributed by atoms with van der Waals surface area (Å²) >= 11 is 0. The second-order valence-electron chi connectivity index (χ2n) is 4.80. The van der Waals surface area contributed by atoms with Gasteiger partial charge in [0.25, 0.3) is 0 Å². The van der Waals surface area contributed by atoms with E-state index in [1.54, 1.807) is 38.4 Å². The van der Waals surface area contributed by atoms with Gasteiger partial charge in [-0.1, -0.05) is 13.8 Å². The lowest BCUT2D eigenvalue weighted by molar-refractivity contribution is -0.117. The number of benzene rings is 1. The zero-order valence-electron chi connectivity index (χ0n) is 13.5. The van der Waals surface area contributed by atoms with Crippen LogP contribution in [0.1, 0.15) is 13.8 Å². The van der Waals surface area contributed by atoms with Crippen LogP contribution in [-0.2, 0) is 4.79 Å². The van der Waals surface area contributed by atoms with Crippen LogP contribution >= 0.6 is 12.4 Å². The zero-order chi connectivity index (χ0) is 15.8. The summed E-state index contributed by atoms with van der Waals surface area (Å²) in [6, 6.07) is 6.71. The van der Waals surface area contributed by atoms with Gasteiger partial charge in [0.2, 0.25) is 5.91 Å². The first-order valence-corrected chi connectivity index (χ1v) is 6.97. The maximum absolute atomic E-state index is 11.8. The molecule has 0 aliphatic rings. The monoisotopic (exact) mass is 329 g/mol. The summed E-state index contributed by atoms with van der Waals surface area (Å²) in [4.78, 5) is 26.6. The highest BCUT2D eigenvalue weighted by atomic mass is 35.5. The van der Waals surface area contributed by atoms with Gasteiger partial charge in [-0.15, -0.1) is 12.4 Å². The van der Waals surface area contributed by atoms with Gasteiger partial charge in [-0.2, -0.15) is 0 Å². The third-order valence-corrected chi connectivity index (χ3v) is 2.97. The largest absolute Gasteiger partial charge is 0.414 e. The average Bonchev–Trinajstić information content (AvgIpc) is 2.46. The molecule has 0 saturated heterocycles. The van der Waals surface area contributed by atoms with Gasteiger partial charge in [-0.25, -0.2) is 4.79 Å². The number of ether oxygens (including phenoxy) is 1. The van der Waals surface area contributed by atoms with E-state index in [4.69, 9.17) is 4.74 Å². The van der Waals surface area contributed by atoms with Gasteiger partial charge in [0.15, 0.2) is 0 Å². The number of nitrogens with one attached hydrogen (secondary N) is 1. The minimum absolute atomic E-state index is 0. The normalized spacial score (nSPS) is 9.86. The van der Waals surface area contributed by atoms with E-state index in [9.17, 15) is 9.59 Å². The molecule has 0 unspecified atom stereocenters. The quantitative estimate of drug-likeness (QED) is 0.870. The molecule has 2 amide bonds. The van der Waals surface area contributed by atoms with Gasteiger partial charge in [-0.3, -0.25) is 9.69 Å². The highest BCUT2D eigenvalue weighted by molar-refractivity contribution is 5.92. The van der Waals surface area contributed by atoms with Gasteiger partial charge < -0.3 is 15.0 Å². The summed E-state index contributed by atoms with van der Waals surface area (Å²) in [5, 5.41) is 2.81. The van der Waals surface area contributed by atoms with Crippen LogP contribution < -0.4 is 10.1 Å². The number of hydrogen-bond donors (Lipinski definition) is 1. The lowest BCUT2D eigenvalue weighted by Gasteiger charge is -2.17. The summed E-state index contributed by atoms with van der Waals surface area (Å²) in [6.45, 7) is 6.08. The smallest absolute Gasteiger partial charge is 0.410 e. The summed E-state index contributed by atoms with van der Waals surface area (Å²) < 4.78 is 5.10. The summed E-state index contributed by atoms with van der Waals surface area (Å²) in [6.07, 6.45) is -0.437. The molecular weight excluding hydrogens is 306 g/mol. The number of amides is 2. The van der Waals surface area contributed by atoms with Crippen molar-refractivity contribution in [1.29, 1.82) is 0 Å². The zero-order valence-corrected chi connectivity index (χ0v) is 14.3. The van der Waals surface area contributed by atoms with Crippen molar-refractivity contribution in [2.24, 2.45) is 0 Å². The molecule has 0 heterocycles. The average molecular weight is 330 g/mol. The molecule has 1 N–H and O–H groups in total. The Morgan fingerprint density at radius 3 is 2.09 bits per heavy atom. The third-order valence-electron chi connectivity index (χ3n) is 2.97. The third kappa shape index (κ3) is 6.78. The molecule has 0 atom stereocenters. The van der Waals surface area contributed by atoms with Crippen molar-refractivity contribution in [3.63, 3.8) is 0 Å². The predicted octanol–water partition coefficient (Wildman–Crippen LogP) is 2.45. The minimum atomic E-state index is -0.437. The topological polar surface area (TPSA) is 61.9 Å². The Balaban J connectivity index is 0.00000441. The first-order valence-electron chi connectivity index (χ1n) is 6.97. The predicted molar refractivity (Wildman–Crippen MR) is 89.8 cm³/mol. The Kier molecular flexibility index (Phi) is 9.21. The lowest BCUT2D eigenvalue weighted by atomic mass is 10.3. The Morgan fingerprint density at radius 2 is 1.64 bits per heavy atom. The molecule has 0 spiro atoms. The molecular formula is C15H24ClN3O3. The van der Waals surface area contributed by atoms with Gasteiger partial charge in [-0.05, 0) is 37.4 Å². The molecule has 0 aromatic heterocycles. The fourth-order valence-electron chi connectivity index (χ4n) is 1.65. The van der Waals surface area contributed by atoms with E-state index in [0.717, 1.165) is 13.1 Å². The van der Waals surface area contributed by atoms with Crippen molar-refractivity contribution in [2.75, 3.05) is 39.0 Å². The maximum Gasteiger partial charge on any atom is 0.414 e. The SMILES string of the molecule is CCN(CC)CC(=O)Nc1ccc(OC(=O)N(C)C)cc1.Cl. The lowest BCUT2D eigenvalue weighted by Crippen LogP contribution is -2.32. The standard InChI is InChI=1S/C15H23N3O3.ClH/c1-5-18(6-2)11-14(19)16-12-7-9-13(10-8-12)21-15(20)17(3)4;/h7-10H,5-6,11H2,1-4H3,(H,16,19);1H.